The van der Waals surface area contributed by atoms with Crippen molar-refractivity contribution >= 4 is 17.0 Å². The van der Waals surface area contributed by atoms with Gasteiger partial charge < -0.3 is 5.84 Å². The minimum absolute atomic E-state index is 0.0978. The number of carbonyl (C=O) groups excluding carboxylic acids is 1. The first-order valence-electron chi connectivity index (χ1n) is 7.44. The Labute approximate surface area is 131 Å². The summed E-state index contributed by atoms with van der Waals surface area (Å²) >= 11 is 0. The Balaban J connectivity index is 0.000000847. The third-order valence-electron chi connectivity index (χ3n) is 4.93. The molecule has 0 saturated carbocycles. The fourth-order valence-electron chi connectivity index (χ4n) is 3.83. The third kappa shape index (κ3) is 2.23. The number of hydrogen-bond acceptors (Lipinski definition) is 3. The number of fused-ring (bicyclic) bond motifs is 3. The molecule has 2 aliphatic carbocycles. The molecule has 0 fully saturated rings. The summed E-state index contributed by atoms with van der Waals surface area (Å²) in [7, 11) is 0. The monoisotopic (exact) mass is 295 g/mol. The SMILES string of the molecule is C#C.CCC12CCC(=O)C(C)=C1c1cccc(N=NN)c1C2. The molecule has 3 rings (SSSR count). The Hall–Kier alpha value is -2.41. The highest BCUT2D eigenvalue weighted by atomic mass is 16.1. The predicted octanol–water partition coefficient (Wildman–Crippen LogP) is 3.98. The number of carbonyl (C=O) groups is 1. The van der Waals surface area contributed by atoms with Gasteiger partial charge in [-0.2, -0.15) is 0 Å². The van der Waals surface area contributed by atoms with Crippen LogP contribution in [0.3, 0.4) is 0 Å². The molecule has 0 heterocycles. The summed E-state index contributed by atoms with van der Waals surface area (Å²) in [6, 6.07) is 6.00. The summed E-state index contributed by atoms with van der Waals surface area (Å²) in [4.78, 5) is 12.1. The Morgan fingerprint density at radius 3 is 2.73 bits per heavy atom. The zero-order valence-corrected chi connectivity index (χ0v) is 13.1. The lowest BCUT2D eigenvalue weighted by Gasteiger charge is -2.34. The number of hydrogen-bond donors (Lipinski definition) is 1. The highest BCUT2D eigenvalue weighted by Gasteiger charge is 2.45. The Kier molecular flexibility index (Phi) is 4.46. The van der Waals surface area contributed by atoms with E-state index in [4.69, 9.17) is 5.84 Å². The molecule has 1 atom stereocenters. The molecular formula is C18H21N3O. The van der Waals surface area contributed by atoms with E-state index in [1.165, 1.54) is 16.7 Å². The summed E-state index contributed by atoms with van der Waals surface area (Å²) in [6.45, 7) is 4.17. The largest absolute Gasteiger partial charge is 0.305 e. The van der Waals surface area contributed by atoms with E-state index in [0.717, 1.165) is 30.5 Å². The van der Waals surface area contributed by atoms with E-state index < -0.39 is 0 Å². The van der Waals surface area contributed by atoms with E-state index in [1.807, 2.05) is 19.1 Å². The first-order valence-corrected chi connectivity index (χ1v) is 7.44. The van der Waals surface area contributed by atoms with Gasteiger partial charge in [0, 0.05) is 11.8 Å². The van der Waals surface area contributed by atoms with Crippen LogP contribution in [-0.2, 0) is 11.2 Å². The molecule has 4 heteroatoms. The summed E-state index contributed by atoms with van der Waals surface area (Å²) in [6.07, 6.45) is 11.6. The molecule has 4 nitrogen and oxygen atoms in total. The van der Waals surface area contributed by atoms with Crippen LogP contribution in [-0.4, -0.2) is 5.78 Å². The van der Waals surface area contributed by atoms with Gasteiger partial charge >= 0.3 is 0 Å². The van der Waals surface area contributed by atoms with Crippen molar-refractivity contribution in [3.8, 4) is 12.8 Å². The first kappa shape index (κ1) is 16.0. The molecular weight excluding hydrogens is 274 g/mol. The average molecular weight is 295 g/mol. The molecule has 0 radical (unpaired) electrons. The highest BCUT2D eigenvalue weighted by Crippen LogP contribution is 2.57. The number of rotatable bonds is 2. The summed E-state index contributed by atoms with van der Waals surface area (Å²) < 4.78 is 0. The molecule has 22 heavy (non-hydrogen) atoms. The summed E-state index contributed by atoms with van der Waals surface area (Å²) in [5.74, 6) is 5.49. The van der Waals surface area contributed by atoms with Crippen molar-refractivity contribution < 1.29 is 4.79 Å². The smallest absolute Gasteiger partial charge is 0.158 e. The Morgan fingerprint density at radius 1 is 1.36 bits per heavy atom. The summed E-state index contributed by atoms with van der Waals surface area (Å²) in [5, 5.41) is 7.47. The van der Waals surface area contributed by atoms with Crippen molar-refractivity contribution in [1.29, 1.82) is 0 Å². The van der Waals surface area contributed by atoms with Gasteiger partial charge in [-0.3, -0.25) is 4.79 Å². The molecule has 0 bridgehead atoms. The van der Waals surface area contributed by atoms with Crippen LogP contribution in [0.15, 0.2) is 34.1 Å². The van der Waals surface area contributed by atoms with E-state index in [1.54, 1.807) is 0 Å². The molecule has 0 amide bonds. The van der Waals surface area contributed by atoms with Crippen LogP contribution in [0.1, 0.15) is 44.2 Å². The second-order valence-electron chi connectivity index (χ2n) is 5.75. The van der Waals surface area contributed by atoms with Crippen LogP contribution >= 0.6 is 0 Å². The Morgan fingerprint density at radius 2 is 2.09 bits per heavy atom. The molecule has 0 saturated heterocycles. The fraction of sp³-hybridized carbons (Fsp3) is 0.389. The molecule has 0 aliphatic heterocycles. The third-order valence-corrected chi connectivity index (χ3v) is 4.93. The van der Waals surface area contributed by atoms with Crippen molar-refractivity contribution in [2.24, 2.45) is 21.6 Å². The lowest BCUT2D eigenvalue weighted by atomic mass is 9.68. The molecule has 0 spiro atoms. The second kappa shape index (κ2) is 6.15. The van der Waals surface area contributed by atoms with E-state index >= 15 is 0 Å². The second-order valence-corrected chi connectivity index (χ2v) is 5.75. The average Bonchev–Trinajstić information content (AvgIpc) is 2.90. The molecule has 1 unspecified atom stereocenters. The van der Waals surface area contributed by atoms with Crippen LogP contribution in [0.25, 0.3) is 5.57 Å². The molecule has 0 aromatic heterocycles. The normalized spacial score (nSPS) is 23.0. The van der Waals surface area contributed by atoms with Crippen molar-refractivity contribution in [2.75, 3.05) is 0 Å². The maximum Gasteiger partial charge on any atom is 0.158 e. The van der Waals surface area contributed by atoms with Crippen LogP contribution in [0.2, 0.25) is 0 Å². The molecule has 2 aliphatic rings. The zero-order chi connectivity index (χ0) is 16.3. The van der Waals surface area contributed by atoms with E-state index in [9.17, 15) is 4.79 Å². The number of nitrogens with zero attached hydrogens (tertiary/aromatic N) is 2. The number of terminal acetylenes is 1. The number of Topliss-reactive ketones (excluding diaryl/α,β-unsaturated/α-hetero) is 1. The van der Waals surface area contributed by atoms with Crippen molar-refractivity contribution in [3.05, 3.63) is 34.9 Å². The molecule has 1 aromatic rings. The van der Waals surface area contributed by atoms with Gasteiger partial charge in [0.05, 0.1) is 5.69 Å². The number of allylic oxidation sites excluding steroid dienone is 2. The molecule has 2 N–H and O–H groups in total. The van der Waals surface area contributed by atoms with Gasteiger partial charge in [0.15, 0.2) is 5.78 Å². The fourth-order valence-corrected chi connectivity index (χ4v) is 3.83. The maximum absolute atomic E-state index is 12.1. The number of ketones is 1. The van der Waals surface area contributed by atoms with E-state index in [2.05, 4.69) is 36.2 Å². The van der Waals surface area contributed by atoms with Crippen molar-refractivity contribution in [2.45, 2.75) is 39.5 Å². The van der Waals surface area contributed by atoms with Gasteiger partial charge in [-0.15, -0.1) is 18.0 Å². The van der Waals surface area contributed by atoms with E-state index in [0.29, 0.717) is 6.42 Å². The van der Waals surface area contributed by atoms with Crippen LogP contribution in [0.4, 0.5) is 5.69 Å². The lowest BCUT2D eigenvalue weighted by molar-refractivity contribution is -0.116. The van der Waals surface area contributed by atoms with Gasteiger partial charge in [0.1, 0.15) is 0 Å². The van der Waals surface area contributed by atoms with Gasteiger partial charge in [0.25, 0.3) is 0 Å². The number of nitrogens with two attached hydrogens (primary N) is 1. The molecule has 114 valence electrons. The van der Waals surface area contributed by atoms with Gasteiger partial charge in [-0.1, -0.05) is 24.3 Å². The standard InChI is InChI=1S/C16H19N3O.C2H2/c1-3-16-8-7-14(20)10(2)15(16)11-5-4-6-13(18-19-17)12(11)9-16;1-2/h4-6H,3,7-9H2,1-2H3,(H2,17,18);1-2H. The number of benzene rings is 1. The minimum atomic E-state index is 0.0978. The van der Waals surface area contributed by atoms with Crippen LogP contribution in [0.5, 0.6) is 0 Å². The lowest BCUT2D eigenvalue weighted by Crippen LogP contribution is -2.27. The van der Waals surface area contributed by atoms with Crippen LogP contribution < -0.4 is 5.84 Å². The van der Waals surface area contributed by atoms with Gasteiger partial charge in [-0.05, 0) is 54.5 Å². The quantitative estimate of drug-likeness (QED) is 0.388. The van der Waals surface area contributed by atoms with Crippen molar-refractivity contribution in [3.63, 3.8) is 0 Å². The van der Waals surface area contributed by atoms with Gasteiger partial charge in [-0.25, -0.2) is 0 Å². The zero-order valence-electron chi connectivity index (χ0n) is 13.1. The van der Waals surface area contributed by atoms with Gasteiger partial charge in [0.2, 0.25) is 0 Å². The van der Waals surface area contributed by atoms with Crippen LogP contribution in [0, 0.1) is 18.3 Å². The van der Waals surface area contributed by atoms with E-state index in [-0.39, 0.29) is 11.2 Å². The minimum Gasteiger partial charge on any atom is -0.305 e. The predicted molar refractivity (Wildman–Crippen MR) is 88.3 cm³/mol. The summed E-state index contributed by atoms with van der Waals surface area (Å²) in [5.41, 5.74) is 5.45. The highest BCUT2D eigenvalue weighted by molar-refractivity contribution is 6.06. The van der Waals surface area contributed by atoms with Crippen molar-refractivity contribution in [1.82, 2.24) is 0 Å². The maximum atomic E-state index is 12.1. The first-order chi connectivity index (χ1) is 10.6. The molecule has 1 aromatic carbocycles. The topological polar surface area (TPSA) is 67.8 Å². The Bertz CT molecular complexity index is 685.